The molecule has 0 aromatic heterocycles. The van der Waals surface area contributed by atoms with Crippen molar-refractivity contribution in [1.29, 1.82) is 0 Å². The van der Waals surface area contributed by atoms with Crippen LogP contribution in [0.1, 0.15) is 49.3 Å². The number of piperidine rings is 1. The fourth-order valence-electron chi connectivity index (χ4n) is 5.05. The van der Waals surface area contributed by atoms with Gasteiger partial charge in [0, 0.05) is 25.5 Å². The number of carbonyl (C=O) groups excluding carboxylic acids is 2. The van der Waals surface area contributed by atoms with Crippen LogP contribution in [-0.2, 0) is 9.63 Å². The summed E-state index contributed by atoms with van der Waals surface area (Å²) < 4.78 is 2.27. The van der Waals surface area contributed by atoms with E-state index in [1.165, 1.54) is 37.9 Å². The molecule has 0 radical (unpaired) electrons. The average molecular weight is 439 g/mol. The Labute approximate surface area is 188 Å². The molecular formula is C24H32N5O3+. The van der Waals surface area contributed by atoms with Crippen LogP contribution in [0.3, 0.4) is 0 Å². The molecule has 5 rings (SSSR count). The molecule has 8 heteroatoms. The standard InChI is InChI=1S/C24H31N5O3/c1-27-10-7-16(8-11-27)9-12-29-14-18(15-29)17-3-4-19-21(13-17)28(2)24(31)25-20-5-6-22(30)26-32-23(19)20/h3-4,13-16,20,23H,5-12H2,1-2H3,(H-,25,26,30,31)/p+1. The Hall–Kier alpha value is -2.71. The Morgan fingerprint density at radius 1 is 1.16 bits per heavy atom. The molecule has 4 aliphatic heterocycles. The summed E-state index contributed by atoms with van der Waals surface area (Å²) in [4.78, 5) is 34.2. The average Bonchev–Trinajstić information content (AvgIpc) is 2.99. The van der Waals surface area contributed by atoms with Gasteiger partial charge in [-0.3, -0.25) is 14.5 Å². The minimum Gasteiger partial charge on any atom is -0.332 e. The van der Waals surface area contributed by atoms with E-state index in [9.17, 15) is 9.59 Å². The van der Waals surface area contributed by atoms with E-state index in [2.05, 4.69) is 45.8 Å². The van der Waals surface area contributed by atoms with Crippen molar-refractivity contribution in [2.45, 2.75) is 44.2 Å². The van der Waals surface area contributed by atoms with E-state index < -0.39 is 6.10 Å². The molecule has 2 fully saturated rings. The van der Waals surface area contributed by atoms with Gasteiger partial charge in [0.1, 0.15) is 18.2 Å². The number of anilines is 1. The third kappa shape index (κ3) is 4.17. The summed E-state index contributed by atoms with van der Waals surface area (Å²) in [6.45, 7) is 3.48. The number of nitrogens with zero attached hydrogens (tertiary/aromatic N) is 3. The van der Waals surface area contributed by atoms with Crippen molar-refractivity contribution < 1.29 is 19.0 Å². The normalized spacial score (nSPS) is 26.5. The van der Waals surface area contributed by atoms with Gasteiger partial charge in [-0.05, 0) is 56.9 Å². The number of hydrogen-bond donors (Lipinski definition) is 2. The van der Waals surface area contributed by atoms with E-state index in [1.54, 1.807) is 11.9 Å². The highest BCUT2D eigenvalue weighted by Gasteiger charge is 2.37. The van der Waals surface area contributed by atoms with Crippen LogP contribution in [0.25, 0.3) is 5.57 Å². The van der Waals surface area contributed by atoms with Crippen molar-refractivity contribution >= 4 is 29.4 Å². The molecule has 170 valence electrons. The SMILES string of the molecule is CN1CCC(CC[N+]2=CC(c3ccc4c(c3)N(C)C(=O)NC3CCC(=O)NOC43)=C2)CC1. The molecule has 0 saturated carbocycles. The number of hydrogen-bond acceptors (Lipinski definition) is 4. The third-order valence-corrected chi connectivity index (χ3v) is 7.24. The van der Waals surface area contributed by atoms with Gasteiger partial charge >= 0.3 is 6.03 Å². The number of fused-ring (bicyclic) bond motifs is 3. The van der Waals surface area contributed by atoms with Crippen molar-refractivity contribution in [2.24, 2.45) is 5.92 Å². The molecule has 2 atom stereocenters. The van der Waals surface area contributed by atoms with E-state index >= 15 is 0 Å². The molecular weight excluding hydrogens is 406 g/mol. The lowest BCUT2D eigenvalue weighted by Crippen LogP contribution is -2.43. The summed E-state index contributed by atoms with van der Waals surface area (Å²) in [5.41, 5.74) is 6.47. The number of nitrogens with one attached hydrogen (secondary N) is 2. The zero-order chi connectivity index (χ0) is 22.2. The fourth-order valence-corrected chi connectivity index (χ4v) is 5.05. The zero-order valence-corrected chi connectivity index (χ0v) is 18.8. The maximum Gasteiger partial charge on any atom is 0.321 e. The third-order valence-electron chi connectivity index (χ3n) is 7.24. The van der Waals surface area contributed by atoms with Gasteiger partial charge in [0.05, 0.1) is 11.7 Å². The first-order valence-corrected chi connectivity index (χ1v) is 11.6. The topological polar surface area (TPSA) is 76.9 Å². The van der Waals surface area contributed by atoms with Gasteiger partial charge in [-0.2, -0.15) is 0 Å². The number of benzene rings is 1. The number of urea groups is 1. The molecule has 4 aliphatic rings. The molecule has 0 spiro atoms. The van der Waals surface area contributed by atoms with Crippen molar-refractivity contribution in [3.8, 4) is 0 Å². The Kier molecular flexibility index (Phi) is 5.73. The van der Waals surface area contributed by atoms with Crippen molar-refractivity contribution in [2.75, 3.05) is 38.6 Å². The van der Waals surface area contributed by atoms with Gasteiger partial charge in [-0.25, -0.2) is 14.9 Å². The van der Waals surface area contributed by atoms with Crippen molar-refractivity contribution in [3.05, 3.63) is 35.5 Å². The predicted molar refractivity (Wildman–Crippen MR) is 122 cm³/mol. The van der Waals surface area contributed by atoms with Gasteiger partial charge in [0.2, 0.25) is 5.91 Å². The second kappa shape index (κ2) is 8.67. The minimum atomic E-state index is -0.412. The molecule has 3 amide bonds. The lowest BCUT2D eigenvalue weighted by atomic mass is 9.93. The smallest absolute Gasteiger partial charge is 0.321 e. The molecule has 2 saturated heterocycles. The second-order valence-electron chi connectivity index (χ2n) is 9.48. The van der Waals surface area contributed by atoms with E-state index in [4.69, 9.17) is 4.84 Å². The van der Waals surface area contributed by atoms with E-state index in [1.807, 2.05) is 12.1 Å². The molecule has 2 unspecified atom stereocenters. The molecule has 0 aliphatic carbocycles. The Morgan fingerprint density at radius 2 is 1.94 bits per heavy atom. The number of carbonyl (C=O) groups is 2. The highest BCUT2D eigenvalue weighted by Crippen LogP contribution is 2.37. The van der Waals surface area contributed by atoms with Crippen LogP contribution in [-0.4, -0.2) is 67.4 Å². The van der Waals surface area contributed by atoms with Gasteiger partial charge in [0.15, 0.2) is 12.4 Å². The number of likely N-dealkylation sites (tertiary alicyclic amines) is 1. The molecule has 2 N–H and O–H groups in total. The van der Waals surface area contributed by atoms with Gasteiger partial charge in [-0.1, -0.05) is 12.1 Å². The molecule has 8 nitrogen and oxygen atoms in total. The van der Waals surface area contributed by atoms with Crippen LogP contribution in [0.5, 0.6) is 0 Å². The van der Waals surface area contributed by atoms with Crippen molar-refractivity contribution in [3.63, 3.8) is 0 Å². The van der Waals surface area contributed by atoms with Gasteiger partial charge in [-0.15, -0.1) is 0 Å². The summed E-state index contributed by atoms with van der Waals surface area (Å²) in [6.07, 6.45) is 8.67. The summed E-state index contributed by atoms with van der Waals surface area (Å²) in [5, 5.41) is 3.01. The molecule has 4 heterocycles. The monoisotopic (exact) mass is 438 g/mol. The zero-order valence-electron chi connectivity index (χ0n) is 18.8. The lowest BCUT2D eigenvalue weighted by molar-refractivity contribution is -0.460. The van der Waals surface area contributed by atoms with Crippen molar-refractivity contribution in [1.82, 2.24) is 15.7 Å². The largest absolute Gasteiger partial charge is 0.332 e. The van der Waals surface area contributed by atoms with Gasteiger partial charge < -0.3 is 10.2 Å². The van der Waals surface area contributed by atoms with Gasteiger partial charge in [0.25, 0.3) is 0 Å². The number of hydroxylamine groups is 1. The minimum absolute atomic E-state index is 0.159. The second-order valence-corrected chi connectivity index (χ2v) is 9.48. The first kappa shape index (κ1) is 21.2. The molecule has 32 heavy (non-hydrogen) atoms. The van der Waals surface area contributed by atoms with E-state index in [0.717, 1.165) is 29.3 Å². The summed E-state index contributed by atoms with van der Waals surface area (Å²) in [7, 11) is 3.97. The van der Waals surface area contributed by atoms with Crippen LogP contribution in [0.2, 0.25) is 0 Å². The molecule has 0 bridgehead atoms. The highest BCUT2D eigenvalue weighted by atomic mass is 16.7. The fraction of sp³-hybridized carbons (Fsp3) is 0.542. The molecule has 1 aromatic rings. The maximum atomic E-state index is 12.7. The van der Waals surface area contributed by atoms with Crippen LogP contribution < -0.4 is 15.7 Å². The summed E-state index contributed by atoms with van der Waals surface area (Å²) in [5.74, 6) is 0.665. The van der Waals surface area contributed by atoms with Crippen LogP contribution in [0.4, 0.5) is 10.5 Å². The predicted octanol–water partition coefficient (Wildman–Crippen LogP) is 2.27. The Morgan fingerprint density at radius 3 is 2.72 bits per heavy atom. The number of amides is 3. The quantitative estimate of drug-likeness (QED) is 0.707. The lowest BCUT2D eigenvalue weighted by Gasteiger charge is -2.28. The highest BCUT2D eigenvalue weighted by molar-refractivity contribution is 6.10. The number of rotatable bonds is 4. The maximum absolute atomic E-state index is 12.7. The summed E-state index contributed by atoms with van der Waals surface area (Å²) in [6, 6.07) is 5.71. The van der Waals surface area contributed by atoms with E-state index in [-0.39, 0.29) is 18.0 Å². The molecule has 1 aromatic carbocycles. The Balaban J connectivity index is 1.29. The van der Waals surface area contributed by atoms with Crippen LogP contribution >= 0.6 is 0 Å². The van der Waals surface area contributed by atoms with Crippen LogP contribution in [0, 0.1) is 5.92 Å². The Bertz CT molecular complexity index is 980. The van der Waals surface area contributed by atoms with Crippen LogP contribution in [0.15, 0.2) is 24.4 Å². The number of allylic oxidation sites excluding steroid dienone is 1. The summed E-state index contributed by atoms with van der Waals surface area (Å²) >= 11 is 0. The first-order chi connectivity index (χ1) is 15.5. The van der Waals surface area contributed by atoms with E-state index in [0.29, 0.717) is 12.8 Å². The first-order valence-electron chi connectivity index (χ1n) is 11.6.